The molecule has 4 nitrogen and oxygen atoms in total. The van der Waals surface area contributed by atoms with E-state index < -0.39 is 15.8 Å². The second-order valence-corrected chi connectivity index (χ2v) is 6.33. The summed E-state index contributed by atoms with van der Waals surface area (Å²) in [7, 11) is -3.79. The SMILES string of the molecule is Cc1cc(N)cc(S(=O)(=O)Nc2cc(F)ccc2C)c1. The highest BCUT2D eigenvalue weighted by Crippen LogP contribution is 2.22. The van der Waals surface area contributed by atoms with Crippen molar-refractivity contribution >= 4 is 21.4 Å². The summed E-state index contributed by atoms with van der Waals surface area (Å²) < 4.78 is 40.1. The van der Waals surface area contributed by atoms with Gasteiger partial charge in [-0.1, -0.05) is 6.07 Å². The van der Waals surface area contributed by atoms with E-state index in [-0.39, 0.29) is 10.6 Å². The fourth-order valence-electron chi connectivity index (χ4n) is 1.84. The summed E-state index contributed by atoms with van der Waals surface area (Å²) in [5.74, 6) is -0.503. The Kier molecular flexibility index (Phi) is 3.67. The number of nitrogen functional groups attached to an aromatic ring is 1. The van der Waals surface area contributed by atoms with Gasteiger partial charge in [-0.3, -0.25) is 4.72 Å². The molecule has 0 bridgehead atoms. The molecule has 0 aliphatic heterocycles. The van der Waals surface area contributed by atoms with Gasteiger partial charge in [-0.25, -0.2) is 12.8 Å². The number of hydrogen-bond acceptors (Lipinski definition) is 3. The number of aryl methyl sites for hydroxylation is 2. The van der Waals surface area contributed by atoms with Crippen molar-refractivity contribution in [1.82, 2.24) is 0 Å². The summed E-state index contributed by atoms with van der Waals surface area (Å²) in [6.07, 6.45) is 0. The Morgan fingerprint density at radius 2 is 1.80 bits per heavy atom. The summed E-state index contributed by atoms with van der Waals surface area (Å²) in [6.45, 7) is 3.45. The molecule has 2 aromatic rings. The highest BCUT2D eigenvalue weighted by molar-refractivity contribution is 7.92. The average Bonchev–Trinajstić information content (AvgIpc) is 2.32. The summed E-state index contributed by atoms with van der Waals surface area (Å²) in [4.78, 5) is 0.0543. The van der Waals surface area contributed by atoms with Gasteiger partial charge in [0.05, 0.1) is 10.6 Å². The molecule has 106 valence electrons. The number of anilines is 2. The Morgan fingerprint density at radius 3 is 2.45 bits per heavy atom. The Labute approximate surface area is 117 Å². The summed E-state index contributed by atoms with van der Waals surface area (Å²) in [5, 5.41) is 0. The first-order valence-electron chi connectivity index (χ1n) is 5.94. The standard InChI is InChI=1S/C14H15FN2O2S/c1-9-5-12(16)8-13(6-9)20(18,19)17-14-7-11(15)4-3-10(14)2/h3-8,17H,16H2,1-2H3. The van der Waals surface area contributed by atoms with Gasteiger partial charge in [0.25, 0.3) is 10.0 Å². The Bertz CT molecular complexity index is 738. The number of sulfonamides is 1. The quantitative estimate of drug-likeness (QED) is 0.855. The second kappa shape index (κ2) is 5.13. The van der Waals surface area contributed by atoms with E-state index in [0.717, 1.165) is 11.6 Å². The average molecular weight is 294 g/mol. The van der Waals surface area contributed by atoms with Crippen LogP contribution in [0.2, 0.25) is 0 Å². The third kappa shape index (κ3) is 3.08. The third-order valence-electron chi connectivity index (χ3n) is 2.83. The molecule has 0 atom stereocenters. The first kappa shape index (κ1) is 14.3. The monoisotopic (exact) mass is 294 g/mol. The number of rotatable bonds is 3. The maximum atomic E-state index is 13.2. The normalized spacial score (nSPS) is 11.3. The highest BCUT2D eigenvalue weighted by Gasteiger charge is 2.16. The van der Waals surface area contributed by atoms with Crippen molar-refractivity contribution in [2.75, 3.05) is 10.5 Å². The molecule has 0 amide bonds. The second-order valence-electron chi connectivity index (χ2n) is 4.64. The predicted molar refractivity (Wildman–Crippen MR) is 77.5 cm³/mol. The molecule has 2 rings (SSSR count). The molecule has 0 radical (unpaired) electrons. The van der Waals surface area contributed by atoms with Crippen molar-refractivity contribution in [3.8, 4) is 0 Å². The maximum Gasteiger partial charge on any atom is 0.261 e. The fraction of sp³-hybridized carbons (Fsp3) is 0.143. The number of nitrogens with one attached hydrogen (secondary N) is 1. The van der Waals surface area contributed by atoms with E-state index in [0.29, 0.717) is 11.3 Å². The first-order chi connectivity index (χ1) is 9.28. The van der Waals surface area contributed by atoms with Crippen molar-refractivity contribution in [2.24, 2.45) is 0 Å². The molecular weight excluding hydrogens is 279 g/mol. The Hall–Kier alpha value is -2.08. The van der Waals surface area contributed by atoms with Crippen LogP contribution < -0.4 is 10.5 Å². The van der Waals surface area contributed by atoms with Crippen molar-refractivity contribution in [2.45, 2.75) is 18.7 Å². The first-order valence-corrected chi connectivity index (χ1v) is 7.42. The number of hydrogen-bond donors (Lipinski definition) is 2. The zero-order valence-corrected chi connectivity index (χ0v) is 12.0. The lowest BCUT2D eigenvalue weighted by Gasteiger charge is -2.11. The van der Waals surface area contributed by atoms with Crippen molar-refractivity contribution in [1.29, 1.82) is 0 Å². The number of nitrogens with two attached hydrogens (primary N) is 1. The van der Waals surface area contributed by atoms with Crippen LogP contribution in [0.15, 0.2) is 41.3 Å². The lowest BCUT2D eigenvalue weighted by atomic mass is 10.2. The molecule has 0 fully saturated rings. The van der Waals surface area contributed by atoms with Crippen LogP contribution in [0.4, 0.5) is 15.8 Å². The van der Waals surface area contributed by atoms with Crippen LogP contribution in [0, 0.1) is 19.7 Å². The Morgan fingerprint density at radius 1 is 1.10 bits per heavy atom. The van der Waals surface area contributed by atoms with Crippen LogP contribution in [0.25, 0.3) is 0 Å². The third-order valence-corrected chi connectivity index (χ3v) is 4.17. The van der Waals surface area contributed by atoms with Crippen molar-refractivity contribution in [3.63, 3.8) is 0 Å². The van der Waals surface area contributed by atoms with Gasteiger partial charge in [-0.05, 0) is 55.3 Å². The lowest BCUT2D eigenvalue weighted by molar-refractivity contribution is 0.601. The predicted octanol–water partition coefficient (Wildman–Crippen LogP) is 2.83. The summed E-state index contributed by atoms with van der Waals surface area (Å²) >= 11 is 0. The van der Waals surface area contributed by atoms with Gasteiger partial charge < -0.3 is 5.73 Å². The van der Waals surface area contributed by atoms with Crippen LogP contribution in [-0.4, -0.2) is 8.42 Å². The lowest BCUT2D eigenvalue weighted by Crippen LogP contribution is -2.14. The van der Waals surface area contributed by atoms with Gasteiger partial charge in [0.15, 0.2) is 0 Å². The van der Waals surface area contributed by atoms with E-state index in [2.05, 4.69) is 4.72 Å². The molecule has 0 heterocycles. The molecule has 0 saturated heterocycles. The Balaban J connectivity index is 2.43. The number of halogens is 1. The molecule has 3 N–H and O–H groups in total. The van der Waals surface area contributed by atoms with Gasteiger partial charge in [-0.2, -0.15) is 0 Å². The van der Waals surface area contributed by atoms with E-state index in [1.165, 1.54) is 24.3 Å². The van der Waals surface area contributed by atoms with Gasteiger partial charge in [0, 0.05) is 5.69 Å². The molecule has 0 aliphatic rings. The largest absolute Gasteiger partial charge is 0.399 e. The minimum absolute atomic E-state index is 0.0543. The van der Waals surface area contributed by atoms with Gasteiger partial charge >= 0.3 is 0 Å². The highest BCUT2D eigenvalue weighted by atomic mass is 32.2. The summed E-state index contributed by atoms with van der Waals surface area (Å²) in [6, 6.07) is 8.48. The molecular formula is C14H15FN2O2S. The molecule has 0 saturated carbocycles. The molecule has 6 heteroatoms. The zero-order valence-electron chi connectivity index (χ0n) is 11.1. The smallest absolute Gasteiger partial charge is 0.261 e. The fourth-order valence-corrected chi connectivity index (χ4v) is 3.10. The molecule has 20 heavy (non-hydrogen) atoms. The maximum absolute atomic E-state index is 13.2. The van der Waals surface area contributed by atoms with Crippen molar-refractivity contribution in [3.05, 3.63) is 53.3 Å². The van der Waals surface area contributed by atoms with Crippen LogP contribution >= 0.6 is 0 Å². The van der Waals surface area contributed by atoms with Gasteiger partial charge in [-0.15, -0.1) is 0 Å². The molecule has 0 spiro atoms. The van der Waals surface area contributed by atoms with Gasteiger partial charge in [0.2, 0.25) is 0 Å². The van der Waals surface area contributed by atoms with E-state index >= 15 is 0 Å². The topological polar surface area (TPSA) is 72.2 Å². The molecule has 0 aromatic heterocycles. The number of benzene rings is 2. The van der Waals surface area contributed by atoms with Crippen LogP contribution in [-0.2, 0) is 10.0 Å². The molecule has 0 aliphatic carbocycles. The molecule has 2 aromatic carbocycles. The van der Waals surface area contributed by atoms with Gasteiger partial charge in [0.1, 0.15) is 5.82 Å². The summed E-state index contributed by atoms with van der Waals surface area (Å²) in [5.41, 5.74) is 7.60. The van der Waals surface area contributed by atoms with Crippen LogP contribution in [0.3, 0.4) is 0 Å². The van der Waals surface area contributed by atoms with E-state index in [1.807, 2.05) is 0 Å². The van der Waals surface area contributed by atoms with Crippen molar-refractivity contribution < 1.29 is 12.8 Å². The minimum atomic E-state index is -3.79. The minimum Gasteiger partial charge on any atom is -0.399 e. The van der Waals surface area contributed by atoms with E-state index in [9.17, 15) is 12.8 Å². The molecule has 0 unspecified atom stereocenters. The van der Waals surface area contributed by atoms with E-state index in [1.54, 1.807) is 19.9 Å². The van der Waals surface area contributed by atoms with Crippen LogP contribution in [0.5, 0.6) is 0 Å². The van der Waals surface area contributed by atoms with Crippen LogP contribution in [0.1, 0.15) is 11.1 Å². The zero-order chi connectivity index (χ0) is 14.9. The van der Waals surface area contributed by atoms with E-state index in [4.69, 9.17) is 5.73 Å².